The molecule has 0 saturated heterocycles. The van der Waals surface area contributed by atoms with Gasteiger partial charge in [0.25, 0.3) is 0 Å². The molecule has 0 bridgehead atoms. The van der Waals surface area contributed by atoms with Gasteiger partial charge in [0.1, 0.15) is 5.82 Å². The summed E-state index contributed by atoms with van der Waals surface area (Å²) in [7, 11) is 0. The summed E-state index contributed by atoms with van der Waals surface area (Å²) in [6, 6.07) is 13.1. The van der Waals surface area contributed by atoms with Gasteiger partial charge in [-0.25, -0.2) is 4.39 Å². The SMILES string of the molecule is Cc1cccc(SCC(N)Cc2cccc(F)c2Cl)c1. The van der Waals surface area contributed by atoms with Gasteiger partial charge in [-0.1, -0.05) is 41.4 Å². The van der Waals surface area contributed by atoms with Crippen molar-refractivity contribution in [2.45, 2.75) is 24.3 Å². The molecule has 1 atom stereocenters. The van der Waals surface area contributed by atoms with E-state index in [1.807, 2.05) is 12.1 Å². The molecule has 0 aliphatic heterocycles. The minimum Gasteiger partial charge on any atom is -0.327 e. The van der Waals surface area contributed by atoms with Crippen molar-refractivity contribution in [1.82, 2.24) is 0 Å². The molecule has 0 fully saturated rings. The lowest BCUT2D eigenvalue weighted by Gasteiger charge is -2.13. The summed E-state index contributed by atoms with van der Waals surface area (Å²) in [5.41, 5.74) is 8.11. The quantitative estimate of drug-likeness (QED) is 0.826. The topological polar surface area (TPSA) is 26.0 Å². The van der Waals surface area contributed by atoms with Gasteiger partial charge >= 0.3 is 0 Å². The molecule has 0 heterocycles. The molecule has 2 N–H and O–H groups in total. The molecule has 0 amide bonds. The summed E-state index contributed by atoms with van der Waals surface area (Å²) in [4.78, 5) is 1.20. The molecule has 4 heteroatoms. The Bertz CT molecular complexity index is 588. The Morgan fingerprint density at radius 1 is 1.25 bits per heavy atom. The van der Waals surface area contributed by atoms with Crippen LogP contribution in [0.25, 0.3) is 0 Å². The van der Waals surface area contributed by atoms with Crippen molar-refractivity contribution < 1.29 is 4.39 Å². The lowest BCUT2D eigenvalue weighted by molar-refractivity contribution is 0.623. The molecule has 1 nitrogen and oxygen atoms in total. The summed E-state index contributed by atoms with van der Waals surface area (Å²) in [5.74, 6) is 0.388. The Morgan fingerprint density at radius 2 is 2.00 bits per heavy atom. The molecule has 0 radical (unpaired) electrons. The van der Waals surface area contributed by atoms with E-state index >= 15 is 0 Å². The van der Waals surface area contributed by atoms with Crippen molar-refractivity contribution in [3.05, 3.63) is 64.4 Å². The van der Waals surface area contributed by atoms with Gasteiger partial charge in [0.2, 0.25) is 0 Å². The first-order valence-electron chi connectivity index (χ1n) is 6.44. The van der Waals surface area contributed by atoms with Crippen LogP contribution < -0.4 is 5.73 Å². The van der Waals surface area contributed by atoms with Gasteiger partial charge in [0.15, 0.2) is 0 Å². The summed E-state index contributed by atoms with van der Waals surface area (Å²) < 4.78 is 13.3. The Labute approximate surface area is 128 Å². The van der Waals surface area contributed by atoms with Gasteiger partial charge in [-0.2, -0.15) is 0 Å². The van der Waals surface area contributed by atoms with Crippen LogP contribution in [0, 0.1) is 12.7 Å². The second-order valence-electron chi connectivity index (χ2n) is 4.80. The van der Waals surface area contributed by atoms with Gasteiger partial charge in [-0.3, -0.25) is 0 Å². The van der Waals surface area contributed by atoms with Crippen LogP contribution in [-0.4, -0.2) is 11.8 Å². The highest BCUT2D eigenvalue weighted by atomic mass is 35.5. The number of thioether (sulfide) groups is 1. The minimum absolute atomic E-state index is 0.0557. The monoisotopic (exact) mass is 309 g/mol. The van der Waals surface area contributed by atoms with Crippen LogP contribution in [0.1, 0.15) is 11.1 Å². The third-order valence-electron chi connectivity index (χ3n) is 2.97. The van der Waals surface area contributed by atoms with Crippen LogP contribution in [0.15, 0.2) is 47.4 Å². The zero-order chi connectivity index (χ0) is 14.5. The van der Waals surface area contributed by atoms with Crippen molar-refractivity contribution in [1.29, 1.82) is 0 Å². The fourth-order valence-corrected chi connectivity index (χ4v) is 3.13. The summed E-state index contributed by atoms with van der Waals surface area (Å²) >= 11 is 7.65. The average molecular weight is 310 g/mol. The zero-order valence-corrected chi connectivity index (χ0v) is 12.8. The maximum Gasteiger partial charge on any atom is 0.142 e. The number of aryl methyl sites for hydroxylation is 1. The Kier molecular flexibility index (Phi) is 5.46. The molecular formula is C16H17ClFNS. The third-order valence-corrected chi connectivity index (χ3v) is 4.57. The van der Waals surface area contributed by atoms with Gasteiger partial charge in [-0.05, 0) is 37.1 Å². The number of rotatable bonds is 5. The Hall–Kier alpha value is -1.03. The van der Waals surface area contributed by atoms with Gasteiger partial charge in [0.05, 0.1) is 5.02 Å². The van der Waals surface area contributed by atoms with Crippen LogP contribution in [0.3, 0.4) is 0 Å². The van der Waals surface area contributed by atoms with Crippen LogP contribution in [0.2, 0.25) is 5.02 Å². The van der Waals surface area contributed by atoms with Crippen LogP contribution in [0.5, 0.6) is 0 Å². The van der Waals surface area contributed by atoms with E-state index in [1.165, 1.54) is 16.5 Å². The molecule has 0 spiro atoms. The Morgan fingerprint density at radius 3 is 2.75 bits per heavy atom. The van der Waals surface area contributed by atoms with E-state index < -0.39 is 0 Å². The molecule has 106 valence electrons. The van der Waals surface area contributed by atoms with Gasteiger partial charge in [-0.15, -0.1) is 11.8 Å². The molecular weight excluding hydrogens is 293 g/mol. The maximum absolute atomic E-state index is 13.3. The number of nitrogens with two attached hydrogens (primary N) is 1. The van der Waals surface area contributed by atoms with Crippen LogP contribution in [0.4, 0.5) is 4.39 Å². The van der Waals surface area contributed by atoms with Crippen molar-refractivity contribution in [2.75, 3.05) is 5.75 Å². The molecule has 2 aromatic carbocycles. The predicted molar refractivity (Wildman–Crippen MR) is 85.0 cm³/mol. The van der Waals surface area contributed by atoms with Crippen molar-refractivity contribution >= 4 is 23.4 Å². The van der Waals surface area contributed by atoms with Crippen molar-refractivity contribution in [2.24, 2.45) is 5.73 Å². The van der Waals surface area contributed by atoms with Crippen molar-refractivity contribution in [3.63, 3.8) is 0 Å². The molecule has 0 aromatic heterocycles. The largest absolute Gasteiger partial charge is 0.327 e. The maximum atomic E-state index is 13.3. The molecule has 20 heavy (non-hydrogen) atoms. The molecule has 0 aliphatic rings. The second kappa shape index (κ2) is 7.11. The molecule has 2 rings (SSSR count). The minimum atomic E-state index is -0.386. The summed E-state index contributed by atoms with van der Waals surface area (Å²) in [5, 5.41) is 0.184. The first-order chi connectivity index (χ1) is 9.56. The number of hydrogen-bond donors (Lipinski definition) is 1. The molecule has 0 saturated carbocycles. The van der Waals surface area contributed by atoms with Gasteiger partial charge < -0.3 is 5.73 Å². The van der Waals surface area contributed by atoms with Crippen LogP contribution >= 0.6 is 23.4 Å². The summed E-state index contributed by atoms with van der Waals surface area (Å²) in [6.07, 6.45) is 0.579. The number of hydrogen-bond acceptors (Lipinski definition) is 2. The second-order valence-corrected chi connectivity index (χ2v) is 6.28. The van der Waals surface area contributed by atoms with E-state index in [-0.39, 0.29) is 16.9 Å². The third kappa shape index (κ3) is 4.23. The normalized spacial score (nSPS) is 12.4. The Balaban J connectivity index is 1.92. The van der Waals surface area contributed by atoms with E-state index in [4.69, 9.17) is 17.3 Å². The fourth-order valence-electron chi connectivity index (χ4n) is 1.96. The first kappa shape index (κ1) is 15.4. The highest BCUT2D eigenvalue weighted by Crippen LogP contribution is 2.23. The molecule has 0 aliphatic carbocycles. The van der Waals surface area contributed by atoms with E-state index in [1.54, 1.807) is 17.8 Å². The van der Waals surface area contributed by atoms with E-state index in [2.05, 4.69) is 25.1 Å². The number of benzene rings is 2. The molecule has 2 aromatic rings. The standard InChI is InChI=1S/C16H17ClFNS/c1-11-4-2-6-14(8-11)20-10-13(19)9-12-5-3-7-15(18)16(12)17/h2-8,13H,9-10,19H2,1H3. The smallest absolute Gasteiger partial charge is 0.142 e. The lowest BCUT2D eigenvalue weighted by atomic mass is 10.1. The van der Waals surface area contributed by atoms with Gasteiger partial charge in [0, 0.05) is 16.7 Å². The fraction of sp³-hybridized carbons (Fsp3) is 0.250. The zero-order valence-electron chi connectivity index (χ0n) is 11.3. The number of halogens is 2. The van der Waals surface area contributed by atoms with E-state index in [9.17, 15) is 4.39 Å². The highest BCUT2D eigenvalue weighted by Gasteiger charge is 2.10. The first-order valence-corrected chi connectivity index (χ1v) is 7.80. The predicted octanol–water partition coefficient (Wildman–Crippen LogP) is 4.45. The van der Waals surface area contributed by atoms with Crippen LogP contribution in [-0.2, 0) is 6.42 Å². The highest BCUT2D eigenvalue weighted by molar-refractivity contribution is 7.99. The molecule has 1 unspecified atom stereocenters. The van der Waals surface area contributed by atoms with Crippen molar-refractivity contribution in [3.8, 4) is 0 Å². The lowest BCUT2D eigenvalue weighted by Crippen LogP contribution is -2.25. The van der Waals surface area contributed by atoms with E-state index in [0.29, 0.717) is 6.42 Å². The average Bonchev–Trinajstić information content (AvgIpc) is 2.42. The van der Waals surface area contributed by atoms with E-state index in [0.717, 1.165) is 11.3 Å². The summed E-state index contributed by atoms with van der Waals surface area (Å²) in [6.45, 7) is 2.07.